The zero-order valence-electron chi connectivity index (χ0n) is 17.4. The van der Waals surface area contributed by atoms with Crippen LogP contribution in [0, 0.1) is 11.3 Å². The summed E-state index contributed by atoms with van der Waals surface area (Å²) in [5.41, 5.74) is 1.24. The number of allylic oxidation sites excluding steroid dienone is 1. The lowest BCUT2D eigenvalue weighted by Crippen LogP contribution is -2.11. The summed E-state index contributed by atoms with van der Waals surface area (Å²) in [6, 6.07) is 12.4. The lowest BCUT2D eigenvalue weighted by Gasteiger charge is -2.09. The molecule has 0 aliphatic carbocycles. The van der Waals surface area contributed by atoms with Crippen LogP contribution >= 0.6 is 11.6 Å². The van der Waals surface area contributed by atoms with Gasteiger partial charge in [0.1, 0.15) is 17.0 Å². The molecule has 0 bridgehead atoms. The number of fused-ring (bicyclic) bond motifs is 2. The minimum absolute atomic E-state index is 0.0963. The number of H-pyrrole nitrogens is 1. The quantitative estimate of drug-likeness (QED) is 0.359. The lowest BCUT2D eigenvalue weighted by atomic mass is 10.1. The molecular formula is C23H17ClN4O4. The molecule has 32 heavy (non-hydrogen) atoms. The number of aromatic amines is 1. The van der Waals surface area contributed by atoms with E-state index < -0.39 is 5.56 Å². The first-order chi connectivity index (χ1) is 15.5. The highest BCUT2D eigenvalue weighted by atomic mass is 35.5. The van der Waals surface area contributed by atoms with Crippen LogP contribution in [-0.4, -0.2) is 36.3 Å². The van der Waals surface area contributed by atoms with E-state index in [1.807, 2.05) is 6.07 Å². The number of nitriles is 1. The Bertz CT molecular complexity index is 1490. The van der Waals surface area contributed by atoms with E-state index in [9.17, 15) is 10.1 Å². The first-order valence-corrected chi connectivity index (χ1v) is 9.77. The average molecular weight is 449 g/mol. The highest BCUT2D eigenvalue weighted by Gasteiger charge is 2.14. The lowest BCUT2D eigenvalue weighted by molar-refractivity contribution is 0.355. The number of halogens is 1. The molecule has 8 nitrogen and oxygen atoms in total. The number of nitrogens with one attached hydrogen (secondary N) is 1. The van der Waals surface area contributed by atoms with Crippen molar-refractivity contribution in [3.8, 4) is 23.3 Å². The van der Waals surface area contributed by atoms with E-state index >= 15 is 0 Å². The van der Waals surface area contributed by atoms with E-state index in [2.05, 4.69) is 21.0 Å². The van der Waals surface area contributed by atoms with Gasteiger partial charge in [-0.2, -0.15) is 5.26 Å². The monoisotopic (exact) mass is 448 g/mol. The fraction of sp³-hybridized carbons (Fsp3) is 0.130. The molecule has 0 aliphatic rings. The number of rotatable bonds is 5. The SMILES string of the molecule is COc1ccc2nc(Cl)c(C=C(C#N)c3nc4cc(OC)c(OC)cc4c(=O)[nH]3)cc2c1. The third-order valence-corrected chi connectivity index (χ3v) is 5.19. The van der Waals surface area contributed by atoms with Crippen molar-refractivity contribution in [3.63, 3.8) is 0 Å². The van der Waals surface area contributed by atoms with Crippen molar-refractivity contribution in [2.75, 3.05) is 21.3 Å². The number of nitrogens with zero attached hydrogens (tertiary/aromatic N) is 3. The van der Waals surface area contributed by atoms with Crippen molar-refractivity contribution in [1.82, 2.24) is 15.0 Å². The summed E-state index contributed by atoms with van der Waals surface area (Å²) in [4.78, 5) is 24.1. The Kier molecular flexibility index (Phi) is 5.67. The molecule has 0 radical (unpaired) electrons. The van der Waals surface area contributed by atoms with E-state index in [1.54, 1.807) is 31.4 Å². The van der Waals surface area contributed by atoms with Gasteiger partial charge < -0.3 is 19.2 Å². The van der Waals surface area contributed by atoms with Gasteiger partial charge in [-0.15, -0.1) is 0 Å². The van der Waals surface area contributed by atoms with Gasteiger partial charge in [0.2, 0.25) is 0 Å². The van der Waals surface area contributed by atoms with E-state index in [4.69, 9.17) is 25.8 Å². The van der Waals surface area contributed by atoms with E-state index in [-0.39, 0.29) is 16.6 Å². The smallest absolute Gasteiger partial charge is 0.259 e. The van der Waals surface area contributed by atoms with Crippen LogP contribution in [0.4, 0.5) is 0 Å². The topological polar surface area (TPSA) is 110 Å². The molecule has 2 aromatic heterocycles. The van der Waals surface area contributed by atoms with Crippen LogP contribution in [0.2, 0.25) is 5.15 Å². The van der Waals surface area contributed by atoms with Gasteiger partial charge in [0.05, 0.1) is 43.3 Å². The Morgan fingerprint density at radius 3 is 2.47 bits per heavy atom. The summed E-state index contributed by atoms with van der Waals surface area (Å²) < 4.78 is 15.8. The number of hydrogen-bond donors (Lipinski definition) is 1. The molecule has 4 aromatic rings. The minimum Gasteiger partial charge on any atom is -0.497 e. The van der Waals surface area contributed by atoms with Gasteiger partial charge in [-0.25, -0.2) is 9.97 Å². The van der Waals surface area contributed by atoms with Gasteiger partial charge in [0, 0.05) is 17.0 Å². The summed E-state index contributed by atoms with van der Waals surface area (Å²) in [6.07, 6.45) is 1.53. The molecule has 0 atom stereocenters. The van der Waals surface area contributed by atoms with Crippen molar-refractivity contribution in [1.29, 1.82) is 5.26 Å². The van der Waals surface area contributed by atoms with Crippen LogP contribution < -0.4 is 19.8 Å². The molecule has 0 saturated heterocycles. The van der Waals surface area contributed by atoms with Gasteiger partial charge >= 0.3 is 0 Å². The molecule has 0 aliphatic heterocycles. The van der Waals surface area contributed by atoms with Gasteiger partial charge in [-0.3, -0.25) is 4.79 Å². The number of benzene rings is 2. The van der Waals surface area contributed by atoms with Crippen LogP contribution in [0.5, 0.6) is 17.2 Å². The van der Waals surface area contributed by atoms with Crippen molar-refractivity contribution < 1.29 is 14.2 Å². The zero-order valence-corrected chi connectivity index (χ0v) is 18.1. The van der Waals surface area contributed by atoms with E-state index in [0.29, 0.717) is 39.2 Å². The third-order valence-electron chi connectivity index (χ3n) is 4.89. The molecule has 0 saturated carbocycles. The predicted molar refractivity (Wildman–Crippen MR) is 122 cm³/mol. The Morgan fingerprint density at radius 2 is 1.78 bits per heavy atom. The maximum Gasteiger partial charge on any atom is 0.259 e. The van der Waals surface area contributed by atoms with Crippen molar-refractivity contribution in [2.24, 2.45) is 0 Å². The van der Waals surface area contributed by atoms with Crippen molar-refractivity contribution >= 4 is 45.1 Å². The zero-order chi connectivity index (χ0) is 22.8. The van der Waals surface area contributed by atoms with E-state index in [1.165, 1.54) is 26.4 Å². The molecule has 9 heteroatoms. The van der Waals surface area contributed by atoms with Crippen LogP contribution in [0.25, 0.3) is 33.5 Å². The van der Waals surface area contributed by atoms with E-state index in [0.717, 1.165) is 5.39 Å². The molecule has 2 aromatic carbocycles. The summed E-state index contributed by atoms with van der Waals surface area (Å²) in [5.74, 6) is 1.59. The number of pyridine rings is 1. The third kappa shape index (κ3) is 3.82. The molecule has 160 valence electrons. The van der Waals surface area contributed by atoms with Crippen LogP contribution in [-0.2, 0) is 0 Å². The molecule has 1 N–H and O–H groups in total. The van der Waals surface area contributed by atoms with Crippen molar-refractivity contribution in [3.05, 3.63) is 63.3 Å². The fourth-order valence-electron chi connectivity index (χ4n) is 3.28. The Morgan fingerprint density at radius 1 is 1.03 bits per heavy atom. The summed E-state index contributed by atoms with van der Waals surface area (Å²) in [5, 5.41) is 11.1. The number of aromatic nitrogens is 3. The molecular weight excluding hydrogens is 432 g/mol. The van der Waals surface area contributed by atoms with Crippen LogP contribution in [0.3, 0.4) is 0 Å². The highest BCUT2D eigenvalue weighted by molar-refractivity contribution is 6.31. The minimum atomic E-state index is -0.417. The van der Waals surface area contributed by atoms with Crippen LogP contribution in [0.15, 0.2) is 41.2 Å². The predicted octanol–water partition coefficient (Wildman–Crippen LogP) is 4.21. The molecule has 4 rings (SSSR count). The second kappa shape index (κ2) is 8.57. The van der Waals surface area contributed by atoms with Gasteiger partial charge in [-0.1, -0.05) is 11.6 Å². The molecule has 0 fully saturated rings. The largest absolute Gasteiger partial charge is 0.497 e. The van der Waals surface area contributed by atoms with Crippen molar-refractivity contribution in [2.45, 2.75) is 0 Å². The first-order valence-electron chi connectivity index (χ1n) is 9.40. The normalized spacial score (nSPS) is 11.4. The second-order valence-electron chi connectivity index (χ2n) is 6.74. The highest BCUT2D eigenvalue weighted by Crippen LogP contribution is 2.31. The number of ether oxygens (including phenoxy) is 3. The summed E-state index contributed by atoms with van der Waals surface area (Å²) in [6.45, 7) is 0. The maximum atomic E-state index is 12.7. The van der Waals surface area contributed by atoms with Crippen LogP contribution in [0.1, 0.15) is 11.4 Å². The standard InChI is InChI=1S/C23H17ClN4O4/c1-30-15-4-5-17-12(8-15)6-13(21(24)26-17)7-14(11-25)22-27-18-10-20(32-3)19(31-2)9-16(18)23(29)28-22/h4-10H,1-3H3,(H,27,28,29). The van der Waals surface area contributed by atoms with Gasteiger partial charge in [-0.05, 0) is 36.4 Å². The first kappa shape index (κ1) is 21.2. The summed E-state index contributed by atoms with van der Waals surface area (Å²) in [7, 11) is 4.54. The van der Waals surface area contributed by atoms with Gasteiger partial charge in [0.25, 0.3) is 5.56 Å². The molecule has 2 heterocycles. The molecule has 0 unspecified atom stereocenters. The maximum absolute atomic E-state index is 12.7. The molecule has 0 spiro atoms. The Balaban J connectivity index is 1.87. The molecule has 0 amide bonds. The Hall–Kier alpha value is -4.09. The Labute approximate surface area is 187 Å². The second-order valence-corrected chi connectivity index (χ2v) is 7.09. The summed E-state index contributed by atoms with van der Waals surface area (Å²) >= 11 is 6.35. The number of hydrogen-bond acceptors (Lipinski definition) is 7. The fourth-order valence-corrected chi connectivity index (χ4v) is 3.48. The average Bonchev–Trinajstić information content (AvgIpc) is 2.81. The van der Waals surface area contributed by atoms with Gasteiger partial charge in [0.15, 0.2) is 17.3 Å². The number of methoxy groups -OCH3 is 3.